The maximum atomic E-state index is 6.47. The molecule has 0 bridgehead atoms. The van der Waals surface area contributed by atoms with Crippen molar-refractivity contribution in [3.63, 3.8) is 0 Å². The Balaban J connectivity index is 6.35. The zero-order valence-corrected chi connectivity index (χ0v) is 30.2. The van der Waals surface area contributed by atoms with E-state index in [-0.39, 0.29) is 0 Å². The SMILES string of the molecule is CC(C)(C)O[Si]([O][Zr][O][Si](OC(C)(C)C)(OC(C)(C)C)OC(C)(C)C)(OC(C)(C)C)OC(C)(C)C. The van der Waals surface area contributed by atoms with Crippen molar-refractivity contribution < 1.29 is 55.7 Å². The third kappa shape index (κ3) is 18.8. The first-order valence-corrected chi connectivity index (χ1v) is 17.5. The van der Waals surface area contributed by atoms with Gasteiger partial charge in [-0.05, 0) is 0 Å². The fourth-order valence-electron chi connectivity index (χ4n) is 2.62. The van der Waals surface area contributed by atoms with Crippen LogP contribution in [-0.2, 0) is 55.7 Å². The molecule has 0 radical (unpaired) electrons. The van der Waals surface area contributed by atoms with Crippen molar-refractivity contribution in [1.29, 1.82) is 0 Å². The van der Waals surface area contributed by atoms with Gasteiger partial charge in [0.2, 0.25) is 0 Å². The van der Waals surface area contributed by atoms with Crippen LogP contribution in [0.3, 0.4) is 0 Å². The maximum absolute atomic E-state index is 6.47. The minimum atomic E-state index is -3.67. The van der Waals surface area contributed by atoms with Crippen LogP contribution in [0.4, 0.5) is 0 Å². The predicted molar refractivity (Wildman–Crippen MR) is 139 cm³/mol. The van der Waals surface area contributed by atoms with Crippen LogP contribution in [0.15, 0.2) is 0 Å². The van der Waals surface area contributed by atoms with E-state index in [1.165, 1.54) is 0 Å². The van der Waals surface area contributed by atoms with Gasteiger partial charge in [0.15, 0.2) is 0 Å². The molecule has 0 aromatic rings. The predicted octanol–water partition coefficient (Wildman–Crippen LogP) is 6.69. The van der Waals surface area contributed by atoms with Gasteiger partial charge in [-0.15, -0.1) is 0 Å². The summed E-state index contributed by atoms with van der Waals surface area (Å²) < 4.78 is 51.5. The summed E-state index contributed by atoms with van der Waals surface area (Å²) in [5.74, 6) is 0. The molecular formula is C24H54O8Si2Zr. The number of hydrogen-bond acceptors (Lipinski definition) is 8. The van der Waals surface area contributed by atoms with Crippen LogP contribution in [0.2, 0.25) is 0 Å². The van der Waals surface area contributed by atoms with Gasteiger partial charge in [-0.2, -0.15) is 0 Å². The van der Waals surface area contributed by atoms with Crippen molar-refractivity contribution in [3.8, 4) is 0 Å². The molecule has 0 spiro atoms. The molecule has 0 aromatic carbocycles. The summed E-state index contributed by atoms with van der Waals surface area (Å²) in [6, 6.07) is 0. The van der Waals surface area contributed by atoms with Gasteiger partial charge in [0.05, 0.1) is 0 Å². The summed E-state index contributed by atoms with van der Waals surface area (Å²) in [4.78, 5) is 0. The molecule has 0 N–H and O–H groups in total. The third-order valence-corrected chi connectivity index (χ3v) is 13.7. The topological polar surface area (TPSA) is 73.8 Å². The number of hydrogen-bond donors (Lipinski definition) is 0. The monoisotopic (exact) mass is 616 g/mol. The van der Waals surface area contributed by atoms with Gasteiger partial charge in [-0.3, -0.25) is 0 Å². The van der Waals surface area contributed by atoms with E-state index < -0.39 is 75.8 Å². The Kier molecular flexibility index (Phi) is 12.4. The molecular weight excluding hydrogens is 564 g/mol. The molecule has 0 heterocycles. The van der Waals surface area contributed by atoms with E-state index in [4.69, 9.17) is 31.6 Å². The van der Waals surface area contributed by atoms with E-state index in [1.54, 1.807) is 0 Å². The van der Waals surface area contributed by atoms with Crippen molar-refractivity contribution >= 4 is 18.1 Å². The van der Waals surface area contributed by atoms with Crippen molar-refractivity contribution in [2.45, 2.75) is 158 Å². The van der Waals surface area contributed by atoms with Gasteiger partial charge in [-0.1, -0.05) is 0 Å². The fourth-order valence-corrected chi connectivity index (χ4v) is 12.3. The Morgan fingerprint density at radius 1 is 0.314 bits per heavy atom. The van der Waals surface area contributed by atoms with E-state index in [0.29, 0.717) is 0 Å². The van der Waals surface area contributed by atoms with E-state index in [1.807, 2.05) is 125 Å². The normalized spacial score (nSPS) is 15.5. The van der Waals surface area contributed by atoms with Crippen LogP contribution in [0.5, 0.6) is 0 Å². The Labute approximate surface area is 231 Å². The minimum absolute atomic E-state index is 0.567. The second-order valence-electron chi connectivity index (χ2n) is 14.6. The average molecular weight is 618 g/mol. The van der Waals surface area contributed by atoms with Crippen molar-refractivity contribution in [2.24, 2.45) is 0 Å². The van der Waals surface area contributed by atoms with Crippen LogP contribution in [0.25, 0.3) is 0 Å². The summed E-state index contributed by atoms with van der Waals surface area (Å²) >= 11 is -2.19. The molecule has 0 aliphatic carbocycles. The van der Waals surface area contributed by atoms with Crippen LogP contribution in [0, 0.1) is 0 Å². The second kappa shape index (κ2) is 12.0. The summed E-state index contributed by atoms with van der Waals surface area (Å²) in [6.45, 7) is 35.2. The third-order valence-electron chi connectivity index (χ3n) is 2.92. The van der Waals surface area contributed by atoms with Crippen LogP contribution < -0.4 is 0 Å². The molecule has 0 unspecified atom stereocenters. The Bertz CT molecular complexity index is 510. The van der Waals surface area contributed by atoms with Crippen LogP contribution >= 0.6 is 0 Å². The molecule has 0 fully saturated rings. The van der Waals surface area contributed by atoms with Crippen molar-refractivity contribution in [3.05, 3.63) is 0 Å². The van der Waals surface area contributed by atoms with E-state index in [9.17, 15) is 0 Å². The van der Waals surface area contributed by atoms with Gasteiger partial charge in [0, 0.05) is 0 Å². The van der Waals surface area contributed by atoms with Crippen molar-refractivity contribution in [2.75, 3.05) is 0 Å². The molecule has 0 saturated carbocycles. The Morgan fingerprint density at radius 2 is 0.457 bits per heavy atom. The molecule has 210 valence electrons. The van der Waals surface area contributed by atoms with Gasteiger partial charge < -0.3 is 0 Å². The van der Waals surface area contributed by atoms with Crippen LogP contribution in [-0.4, -0.2) is 51.7 Å². The van der Waals surface area contributed by atoms with Crippen LogP contribution in [0.1, 0.15) is 125 Å². The first-order chi connectivity index (χ1) is 14.9. The summed E-state index contributed by atoms with van der Waals surface area (Å²) in [5, 5.41) is 0. The van der Waals surface area contributed by atoms with E-state index >= 15 is 0 Å². The molecule has 35 heavy (non-hydrogen) atoms. The first-order valence-electron chi connectivity index (χ1n) is 12.3. The molecule has 0 saturated heterocycles. The molecule has 0 aliphatic rings. The second-order valence-corrected chi connectivity index (χ2v) is 21.6. The standard InChI is InChI=1S/2C12H27O4Si.Zr/c2*1-10(2,3)14-17(13,15-11(4,5)6)16-12(7,8)9;/h2*1-9H3;/q2*-1;+2. The summed E-state index contributed by atoms with van der Waals surface area (Å²) in [6.07, 6.45) is 0. The van der Waals surface area contributed by atoms with E-state index in [0.717, 1.165) is 0 Å². The van der Waals surface area contributed by atoms with Gasteiger partial charge in [0.1, 0.15) is 0 Å². The van der Waals surface area contributed by atoms with E-state index in [2.05, 4.69) is 0 Å². The molecule has 0 rings (SSSR count). The van der Waals surface area contributed by atoms with Gasteiger partial charge >= 0.3 is 232 Å². The molecule has 0 amide bonds. The first kappa shape index (κ1) is 36.0. The quantitative estimate of drug-likeness (QED) is 0.251. The Morgan fingerprint density at radius 3 is 0.571 bits per heavy atom. The zero-order valence-electron chi connectivity index (χ0n) is 25.8. The summed E-state index contributed by atoms with van der Waals surface area (Å²) in [7, 11) is -7.34. The number of rotatable bonds is 10. The Hall–Kier alpha value is 0.997. The average Bonchev–Trinajstić information content (AvgIpc) is 2.33. The molecule has 0 aromatic heterocycles. The van der Waals surface area contributed by atoms with Gasteiger partial charge in [0.25, 0.3) is 0 Å². The van der Waals surface area contributed by atoms with Crippen molar-refractivity contribution in [1.82, 2.24) is 0 Å². The molecule has 0 aliphatic heterocycles. The summed E-state index contributed by atoms with van der Waals surface area (Å²) in [5.41, 5.74) is -3.40. The molecule has 8 nitrogen and oxygen atoms in total. The molecule has 11 heteroatoms. The molecule has 0 atom stereocenters. The zero-order chi connectivity index (χ0) is 28.4. The fraction of sp³-hybridized carbons (Fsp3) is 1.00. The van der Waals surface area contributed by atoms with Gasteiger partial charge in [-0.25, -0.2) is 0 Å².